The smallest absolute Gasteiger partial charge is 0.258 e. The van der Waals surface area contributed by atoms with Crippen LogP contribution in [0.2, 0.25) is 5.02 Å². The molecule has 110 valence electrons. The molecule has 1 aromatic rings. The predicted molar refractivity (Wildman–Crippen MR) is 75.5 cm³/mol. The summed E-state index contributed by atoms with van der Waals surface area (Å²) in [6, 6.07) is 2.37. The van der Waals surface area contributed by atoms with Gasteiger partial charge in [0.15, 0.2) is 0 Å². The molecule has 0 N–H and O–H groups in total. The van der Waals surface area contributed by atoms with Crippen LogP contribution in [0.5, 0.6) is 0 Å². The third-order valence-electron chi connectivity index (χ3n) is 3.44. The highest BCUT2D eigenvalue weighted by molar-refractivity contribution is 7.89. The SMILES string of the molecule is Cc1c(Cl)cc(S(=O)(=O)N2CCCCC2)cc1[N+](=O)[O-]. The highest BCUT2D eigenvalue weighted by Crippen LogP contribution is 2.31. The van der Waals surface area contributed by atoms with Gasteiger partial charge in [0, 0.05) is 24.7 Å². The predicted octanol–water partition coefficient (Wildman–Crippen LogP) is 2.73. The van der Waals surface area contributed by atoms with E-state index in [0.29, 0.717) is 13.1 Å². The van der Waals surface area contributed by atoms with Gasteiger partial charge in [-0.05, 0) is 25.8 Å². The van der Waals surface area contributed by atoms with Crippen LogP contribution in [-0.4, -0.2) is 30.7 Å². The molecule has 1 aliphatic heterocycles. The van der Waals surface area contributed by atoms with E-state index in [4.69, 9.17) is 11.6 Å². The summed E-state index contributed by atoms with van der Waals surface area (Å²) in [6.07, 6.45) is 2.61. The minimum absolute atomic E-state index is 0.0924. The molecule has 0 aromatic heterocycles. The molecule has 0 unspecified atom stereocenters. The molecule has 1 fully saturated rings. The Labute approximate surface area is 122 Å². The number of nitrogens with zero attached hydrogens (tertiary/aromatic N) is 2. The van der Waals surface area contributed by atoms with Gasteiger partial charge in [0.05, 0.1) is 14.8 Å². The van der Waals surface area contributed by atoms with Gasteiger partial charge in [0.25, 0.3) is 5.69 Å². The molecule has 0 radical (unpaired) electrons. The van der Waals surface area contributed by atoms with E-state index >= 15 is 0 Å². The second-order valence-corrected chi connectivity index (χ2v) is 7.12. The fourth-order valence-electron chi connectivity index (χ4n) is 2.23. The van der Waals surface area contributed by atoms with Gasteiger partial charge in [-0.1, -0.05) is 18.0 Å². The molecular formula is C12H15ClN2O4S. The highest BCUT2D eigenvalue weighted by atomic mass is 35.5. The molecule has 0 aliphatic carbocycles. The first-order valence-electron chi connectivity index (χ1n) is 6.28. The van der Waals surface area contributed by atoms with Gasteiger partial charge in [-0.3, -0.25) is 10.1 Å². The lowest BCUT2D eigenvalue weighted by molar-refractivity contribution is -0.385. The Hall–Kier alpha value is -1.18. The van der Waals surface area contributed by atoms with Crippen molar-refractivity contribution in [3.05, 3.63) is 32.8 Å². The van der Waals surface area contributed by atoms with Gasteiger partial charge in [-0.15, -0.1) is 0 Å². The van der Waals surface area contributed by atoms with E-state index in [1.165, 1.54) is 17.3 Å². The molecule has 0 atom stereocenters. The van der Waals surface area contributed by atoms with Crippen LogP contribution in [0.15, 0.2) is 17.0 Å². The number of hydrogen-bond donors (Lipinski definition) is 0. The second kappa shape index (κ2) is 5.67. The lowest BCUT2D eigenvalue weighted by Gasteiger charge is -2.25. The third kappa shape index (κ3) is 2.79. The first-order valence-corrected chi connectivity index (χ1v) is 8.10. The van der Waals surface area contributed by atoms with E-state index in [-0.39, 0.29) is 21.2 Å². The fraction of sp³-hybridized carbons (Fsp3) is 0.500. The fourth-order valence-corrected chi connectivity index (χ4v) is 4.08. The van der Waals surface area contributed by atoms with E-state index in [9.17, 15) is 18.5 Å². The number of benzene rings is 1. The Morgan fingerprint density at radius 1 is 1.25 bits per heavy atom. The first-order chi connectivity index (χ1) is 9.34. The molecule has 20 heavy (non-hydrogen) atoms. The lowest BCUT2D eigenvalue weighted by Crippen LogP contribution is -2.35. The van der Waals surface area contributed by atoms with Crippen LogP contribution >= 0.6 is 11.6 Å². The second-order valence-electron chi connectivity index (χ2n) is 4.77. The standard InChI is InChI=1S/C12H15ClN2O4S/c1-9-11(13)7-10(8-12(9)15(16)17)20(18,19)14-5-3-2-4-6-14/h7-8H,2-6H2,1H3. The van der Waals surface area contributed by atoms with Crippen molar-refractivity contribution >= 4 is 27.3 Å². The molecule has 1 heterocycles. The van der Waals surface area contributed by atoms with Gasteiger partial charge in [0.1, 0.15) is 0 Å². The maximum atomic E-state index is 12.5. The number of nitro groups is 1. The normalized spacial score (nSPS) is 17.1. The third-order valence-corrected chi connectivity index (χ3v) is 5.71. The molecule has 2 rings (SSSR count). The summed E-state index contributed by atoms with van der Waals surface area (Å²) in [5.74, 6) is 0. The Morgan fingerprint density at radius 3 is 2.40 bits per heavy atom. The van der Waals surface area contributed by atoms with Crippen LogP contribution in [0.25, 0.3) is 0 Å². The van der Waals surface area contributed by atoms with Crippen LogP contribution < -0.4 is 0 Å². The Bertz CT molecular complexity index is 639. The minimum atomic E-state index is -3.71. The van der Waals surface area contributed by atoms with Gasteiger partial charge < -0.3 is 0 Å². The zero-order valence-electron chi connectivity index (χ0n) is 11.0. The highest BCUT2D eigenvalue weighted by Gasteiger charge is 2.29. The van der Waals surface area contributed by atoms with Crippen molar-refractivity contribution in [3.8, 4) is 0 Å². The summed E-state index contributed by atoms with van der Waals surface area (Å²) in [4.78, 5) is 10.2. The number of nitro benzene ring substituents is 1. The number of sulfonamides is 1. The van der Waals surface area contributed by atoms with Crippen molar-refractivity contribution in [2.24, 2.45) is 0 Å². The first kappa shape index (κ1) is 15.2. The number of piperidine rings is 1. The molecule has 8 heteroatoms. The van der Waals surface area contributed by atoms with Crippen molar-refractivity contribution in [1.82, 2.24) is 4.31 Å². The average Bonchev–Trinajstić information content (AvgIpc) is 2.42. The number of rotatable bonds is 3. The van der Waals surface area contributed by atoms with Crippen molar-refractivity contribution in [1.29, 1.82) is 0 Å². The Kier molecular flexibility index (Phi) is 4.31. The van der Waals surface area contributed by atoms with Gasteiger partial charge in [0.2, 0.25) is 10.0 Å². The quantitative estimate of drug-likeness (QED) is 0.634. The minimum Gasteiger partial charge on any atom is -0.258 e. The largest absolute Gasteiger partial charge is 0.275 e. The topological polar surface area (TPSA) is 80.5 Å². The van der Waals surface area contributed by atoms with Gasteiger partial charge in [-0.2, -0.15) is 4.31 Å². The molecule has 6 nitrogen and oxygen atoms in total. The van der Waals surface area contributed by atoms with E-state index in [0.717, 1.165) is 25.3 Å². The van der Waals surface area contributed by atoms with Crippen molar-refractivity contribution < 1.29 is 13.3 Å². The number of hydrogen-bond acceptors (Lipinski definition) is 4. The van der Waals surface area contributed by atoms with Crippen LogP contribution in [0.3, 0.4) is 0 Å². The molecule has 1 saturated heterocycles. The van der Waals surface area contributed by atoms with Crippen LogP contribution in [0.1, 0.15) is 24.8 Å². The number of halogens is 1. The van der Waals surface area contributed by atoms with Crippen molar-refractivity contribution in [2.75, 3.05) is 13.1 Å². The summed E-state index contributed by atoms with van der Waals surface area (Å²) in [5, 5.41) is 11.1. The van der Waals surface area contributed by atoms with Crippen molar-refractivity contribution in [3.63, 3.8) is 0 Å². The summed E-state index contributed by atoms with van der Waals surface area (Å²) in [7, 11) is -3.71. The maximum absolute atomic E-state index is 12.5. The van der Waals surface area contributed by atoms with E-state index in [2.05, 4.69) is 0 Å². The molecule has 0 spiro atoms. The van der Waals surface area contributed by atoms with Crippen LogP contribution in [0.4, 0.5) is 5.69 Å². The Morgan fingerprint density at radius 2 is 1.85 bits per heavy atom. The van der Waals surface area contributed by atoms with E-state index in [1.807, 2.05) is 0 Å². The molecule has 0 amide bonds. The molecule has 0 bridgehead atoms. The summed E-state index contributed by atoms with van der Waals surface area (Å²) >= 11 is 5.92. The monoisotopic (exact) mass is 318 g/mol. The Balaban J connectivity index is 2.49. The van der Waals surface area contributed by atoms with E-state index < -0.39 is 14.9 Å². The molecule has 1 aromatic carbocycles. The van der Waals surface area contributed by atoms with Crippen LogP contribution in [0, 0.1) is 17.0 Å². The molecule has 0 saturated carbocycles. The zero-order valence-corrected chi connectivity index (χ0v) is 12.6. The lowest BCUT2D eigenvalue weighted by atomic mass is 10.2. The summed E-state index contributed by atoms with van der Waals surface area (Å²) < 4.78 is 26.3. The van der Waals surface area contributed by atoms with Crippen molar-refractivity contribution in [2.45, 2.75) is 31.1 Å². The molecular weight excluding hydrogens is 304 g/mol. The summed E-state index contributed by atoms with van der Waals surface area (Å²) in [6.45, 7) is 2.39. The zero-order chi connectivity index (χ0) is 14.9. The summed E-state index contributed by atoms with van der Waals surface area (Å²) in [5.41, 5.74) is 0.00217. The van der Waals surface area contributed by atoms with E-state index in [1.54, 1.807) is 0 Å². The maximum Gasteiger partial charge on any atom is 0.275 e. The van der Waals surface area contributed by atoms with Gasteiger partial charge in [-0.25, -0.2) is 8.42 Å². The van der Waals surface area contributed by atoms with Gasteiger partial charge >= 0.3 is 0 Å². The average molecular weight is 319 g/mol. The van der Waals surface area contributed by atoms with Crippen LogP contribution in [-0.2, 0) is 10.0 Å². The molecule has 1 aliphatic rings.